The lowest BCUT2D eigenvalue weighted by molar-refractivity contribution is -0.280. The van der Waals surface area contributed by atoms with Gasteiger partial charge in [0.15, 0.2) is 0 Å². The van der Waals surface area contributed by atoms with Gasteiger partial charge in [-0.3, -0.25) is 9.36 Å². The van der Waals surface area contributed by atoms with Gasteiger partial charge in [-0.15, -0.1) is 0 Å². The minimum Gasteiger partial charge on any atom is -0.859 e. The highest BCUT2D eigenvalue weighted by Gasteiger charge is 2.44. The monoisotopic (exact) mass is 319 g/mol. The van der Waals surface area contributed by atoms with Crippen LogP contribution >= 0.6 is 0 Å². The van der Waals surface area contributed by atoms with Gasteiger partial charge in [-0.05, 0) is 37.6 Å². The van der Waals surface area contributed by atoms with Crippen molar-refractivity contribution in [2.24, 2.45) is 14.1 Å². The summed E-state index contributed by atoms with van der Waals surface area (Å²) in [6.45, 7) is 0. The van der Waals surface area contributed by atoms with E-state index in [9.17, 15) is 19.5 Å². The highest BCUT2D eigenvalue weighted by molar-refractivity contribution is 5.96. The number of rotatable bonds is 1. The summed E-state index contributed by atoms with van der Waals surface area (Å²) in [5, 5.41) is 12.2. The van der Waals surface area contributed by atoms with E-state index in [1.807, 2.05) is 0 Å². The highest BCUT2D eigenvalue weighted by atomic mass is 16.6. The first-order chi connectivity index (χ1) is 10.8. The fourth-order valence-electron chi connectivity index (χ4n) is 3.45. The average molecular weight is 319 g/mol. The second-order valence-corrected chi connectivity index (χ2v) is 6.40. The van der Waals surface area contributed by atoms with E-state index in [4.69, 9.17) is 4.74 Å². The molecule has 0 aromatic carbocycles. The van der Waals surface area contributed by atoms with E-state index >= 15 is 0 Å². The van der Waals surface area contributed by atoms with Crippen molar-refractivity contribution in [3.63, 3.8) is 0 Å². The molecule has 2 fully saturated rings. The van der Waals surface area contributed by atoms with E-state index < -0.39 is 28.7 Å². The summed E-state index contributed by atoms with van der Waals surface area (Å²) < 4.78 is 7.28. The minimum atomic E-state index is -0.692. The highest BCUT2D eigenvalue weighted by Crippen LogP contribution is 2.42. The molecule has 1 aromatic heterocycles. The van der Waals surface area contributed by atoms with Crippen molar-refractivity contribution in [2.45, 2.75) is 44.1 Å². The predicted octanol–water partition coefficient (Wildman–Crippen LogP) is 0.191. The van der Waals surface area contributed by atoms with Gasteiger partial charge in [0.25, 0.3) is 5.56 Å². The van der Waals surface area contributed by atoms with E-state index in [1.165, 1.54) is 20.2 Å². The van der Waals surface area contributed by atoms with Crippen molar-refractivity contribution in [3.8, 4) is 5.88 Å². The Kier molecular flexibility index (Phi) is 3.66. The molecule has 0 N–H and O–H groups in total. The molecule has 1 aromatic rings. The number of aromatic nitrogens is 2. The van der Waals surface area contributed by atoms with Gasteiger partial charge in [0, 0.05) is 31.7 Å². The zero-order chi connectivity index (χ0) is 16.8. The lowest BCUT2D eigenvalue weighted by Crippen LogP contribution is -2.39. The van der Waals surface area contributed by atoms with Crippen LogP contribution in [-0.2, 0) is 23.6 Å². The summed E-state index contributed by atoms with van der Waals surface area (Å²) >= 11 is 0. The Labute approximate surface area is 132 Å². The Hall–Kier alpha value is -2.31. The number of carbonyl (C=O) groups is 1. The number of carbonyl (C=O) groups excluding carboxylic acids is 1. The van der Waals surface area contributed by atoms with Crippen LogP contribution in [0.3, 0.4) is 0 Å². The van der Waals surface area contributed by atoms with Gasteiger partial charge < -0.3 is 14.4 Å². The van der Waals surface area contributed by atoms with E-state index in [0.29, 0.717) is 12.0 Å². The summed E-state index contributed by atoms with van der Waals surface area (Å²) in [6, 6.07) is 0. The van der Waals surface area contributed by atoms with Crippen LogP contribution in [0.15, 0.2) is 15.2 Å². The number of esters is 1. The number of nitrogens with zero attached hydrogens (tertiary/aromatic N) is 2. The predicted molar refractivity (Wildman–Crippen MR) is 80.9 cm³/mol. The molecule has 7 nitrogen and oxygen atoms in total. The molecule has 1 aliphatic heterocycles. The molecule has 0 amide bonds. The second-order valence-electron chi connectivity index (χ2n) is 6.40. The Bertz CT molecular complexity index is 809. The molecule has 1 saturated heterocycles. The number of hydrogen-bond acceptors (Lipinski definition) is 5. The summed E-state index contributed by atoms with van der Waals surface area (Å²) in [5.41, 5.74) is -1.69. The minimum absolute atomic E-state index is 0.172. The molecule has 7 heteroatoms. The smallest absolute Gasteiger partial charge is 0.334 e. The van der Waals surface area contributed by atoms with Gasteiger partial charge in [0.1, 0.15) is 5.60 Å². The first-order valence-corrected chi connectivity index (χ1v) is 7.76. The lowest BCUT2D eigenvalue weighted by atomic mass is 9.82. The van der Waals surface area contributed by atoms with Gasteiger partial charge in [0.2, 0.25) is 0 Å². The lowest BCUT2D eigenvalue weighted by Gasteiger charge is -2.31. The largest absolute Gasteiger partial charge is 0.859 e. The molecule has 23 heavy (non-hydrogen) atoms. The molecule has 124 valence electrons. The van der Waals surface area contributed by atoms with E-state index in [0.717, 1.165) is 41.2 Å². The summed E-state index contributed by atoms with van der Waals surface area (Å²) in [6.07, 6.45) is 6.48. The summed E-state index contributed by atoms with van der Waals surface area (Å²) in [4.78, 5) is 36.0. The third-order valence-corrected chi connectivity index (χ3v) is 4.81. The van der Waals surface area contributed by atoms with Crippen LogP contribution in [-0.4, -0.2) is 20.7 Å². The summed E-state index contributed by atoms with van der Waals surface area (Å²) in [7, 11) is 2.61. The van der Waals surface area contributed by atoms with Crippen molar-refractivity contribution >= 4 is 12.0 Å². The van der Waals surface area contributed by atoms with Crippen molar-refractivity contribution in [1.29, 1.82) is 0 Å². The first-order valence-electron chi connectivity index (χ1n) is 7.76. The van der Waals surface area contributed by atoms with E-state index in [-0.39, 0.29) is 5.56 Å². The van der Waals surface area contributed by atoms with Crippen LogP contribution in [0.1, 0.15) is 44.1 Å². The van der Waals surface area contributed by atoms with Gasteiger partial charge in [-0.2, -0.15) is 0 Å². The standard InChI is InChI=1S/C16H20N2O5/c1-17-12(19)11(13(20)18(2)15(17)22)8-10-9-16(23-14(10)21)6-4-3-5-7-16/h8,19H,3-7,9H2,1-2H3/p-1/b10-8-. The number of hydrogen-bond donors (Lipinski definition) is 0. The SMILES string of the molecule is Cn1c([O-])c(/C=C2/CC3(CCCCC3)OC2=O)c(=O)n(C)c1=O. The molecular formula is C16H19N2O5-. The topological polar surface area (TPSA) is 93.4 Å². The maximum atomic E-state index is 12.2. The van der Waals surface area contributed by atoms with Gasteiger partial charge in [-0.25, -0.2) is 9.59 Å². The third-order valence-electron chi connectivity index (χ3n) is 4.81. The molecule has 1 saturated carbocycles. The molecule has 0 radical (unpaired) electrons. The van der Waals surface area contributed by atoms with Crippen molar-refractivity contribution in [1.82, 2.24) is 9.13 Å². The molecule has 1 spiro atoms. The Morgan fingerprint density at radius 3 is 2.39 bits per heavy atom. The van der Waals surface area contributed by atoms with Crippen LogP contribution < -0.4 is 16.4 Å². The molecule has 0 atom stereocenters. The van der Waals surface area contributed by atoms with Crippen molar-refractivity contribution < 1.29 is 14.6 Å². The molecule has 2 aliphatic rings. The van der Waals surface area contributed by atoms with E-state index in [1.54, 1.807) is 0 Å². The number of ether oxygens (including phenoxy) is 1. The molecule has 2 heterocycles. The third kappa shape index (κ3) is 2.50. The van der Waals surface area contributed by atoms with Crippen LogP contribution in [0.5, 0.6) is 5.88 Å². The van der Waals surface area contributed by atoms with Gasteiger partial charge in [-0.1, -0.05) is 6.42 Å². The maximum absolute atomic E-state index is 12.2. The van der Waals surface area contributed by atoms with Crippen molar-refractivity contribution in [3.05, 3.63) is 32.0 Å². The van der Waals surface area contributed by atoms with Gasteiger partial charge >= 0.3 is 11.7 Å². The zero-order valence-electron chi connectivity index (χ0n) is 13.3. The molecule has 0 unspecified atom stereocenters. The normalized spacial score (nSPS) is 21.8. The van der Waals surface area contributed by atoms with Gasteiger partial charge in [0.05, 0.1) is 0 Å². The average Bonchev–Trinajstić information content (AvgIpc) is 2.83. The zero-order valence-corrected chi connectivity index (χ0v) is 13.3. The Morgan fingerprint density at radius 2 is 1.74 bits per heavy atom. The molecule has 1 aliphatic carbocycles. The molecule has 3 rings (SSSR count). The molecular weight excluding hydrogens is 300 g/mol. The van der Waals surface area contributed by atoms with Crippen LogP contribution in [0.2, 0.25) is 0 Å². The summed E-state index contributed by atoms with van der Waals surface area (Å²) in [5.74, 6) is -1.16. The van der Waals surface area contributed by atoms with Crippen LogP contribution in [0.4, 0.5) is 0 Å². The maximum Gasteiger partial charge on any atom is 0.334 e. The van der Waals surface area contributed by atoms with Crippen molar-refractivity contribution in [2.75, 3.05) is 0 Å². The second kappa shape index (κ2) is 5.40. The fourth-order valence-corrected chi connectivity index (χ4v) is 3.45. The van der Waals surface area contributed by atoms with E-state index in [2.05, 4.69) is 0 Å². The fraction of sp³-hybridized carbons (Fsp3) is 0.562. The van der Waals surface area contributed by atoms with Crippen LogP contribution in [0, 0.1) is 0 Å². The Balaban J connectivity index is 2.05. The first kappa shape index (κ1) is 15.6. The molecule has 0 bridgehead atoms. The quantitative estimate of drug-likeness (QED) is 0.544. The Morgan fingerprint density at radius 1 is 1.09 bits per heavy atom. The van der Waals surface area contributed by atoms with Crippen LogP contribution in [0.25, 0.3) is 6.08 Å².